The fraction of sp³-hybridized carbons (Fsp3) is 0.687. The first kappa shape index (κ1) is 97.2. The molecule has 0 spiro atoms. The lowest BCUT2D eigenvalue weighted by atomic mass is 10.1. The smallest absolute Gasteiger partial charge is 0.462 e. The maximum atomic E-state index is 13.1. The van der Waals surface area contributed by atoms with Crippen LogP contribution in [0, 0.1) is 0 Å². The summed E-state index contributed by atoms with van der Waals surface area (Å²) >= 11 is 0. The van der Waals surface area contributed by atoms with Crippen molar-refractivity contribution in [1.29, 1.82) is 0 Å². The molecule has 0 amide bonds. The molecule has 17 nitrogen and oxygen atoms in total. The molecule has 102 heavy (non-hydrogen) atoms. The van der Waals surface area contributed by atoms with Gasteiger partial charge in [0.1, 0.15) is 19.3 Å². The third-order valence-corrected chi connectivity index (χ3v) is 18.0. The first-order valence-electron chi connectivity index (χ1n) is 39.4. The fourth-order valence-corrected chi connectivity index (χ4v) is 11.7. The van der Waals surface area contributed by atoms with Crippen molar-refractivity contribution in [3.8, 4) is 0 Å². The second-order valence-electron chi connectivity index (χ2n) is 25.9. The van der Waals surface area contributed by atoms with Gasteiger partial charge in [-0.3, -0.25) is 37.3 Å². The zero-order chi connectivity index (χ0) is 74.6. The molecular formula is C83H140O17P2. The molecule has 0 aromatic carbocycles. The molecule has 0 aliphatic heterocycles. The number of unbranched alkanes of at least 4 members (excludes halogenated alkanes) is 25. The zero-order valence-electron chi connectivity index (χ0n) is 63.7. The second-order valence-corrected chi connectivity index (χ2v) is 28.8. The van der Waals surface area contributed by atoms with Gasteiger partial charge in [-0.1, -0.05) is 271 Å². The van der Waals surface area contributed by atoms with E-state index >= 15 is 0 Å². The van der Waals surface area contributed by atoms with E-state index in [9.17, 15) is 43.2 Å². The molecule has 0 rings (SSSR count). The Balaban J connectivity index is 5.41. The number of hydrogen-bond acceptors (Lipinski definition) is 15. The highest BCUT2D eigenvalue weighted by Crippen LogP contribution is 2.45. The first-order valence-corrected chi connectivity index (χ1v) is 42.4. The van der Waals surface area contributed by atoms with Crippen molar-refractivity contribution in [2.24, 2.45) is 0 Å². The number of ether oxygens (including phenoxy) is 4. The molecule has 0 bridgehead atoms. The van der Waals surface area contributed by atoms with Crippen LogP contribution in [0.4, 0.5) is 0 Å². The molecule has 584 valence electrons. The van der Waals surface area contributed by atoms with Gasteiger partial charge in [0.25, 0.3) is 0 Å². The van der Waals surface area contributed by atoms with Crippen LogP contribution in [-0.2, 0) is 65.4 Å². The van der Waals surface area contributed by atoms with Gasteiger partial charge in [-0.05, 0) is 148 Å². The number of rotatable bonds is 73. The second kappa shape index (κ2) is 74.5. The van der Waals surface area contributed by atoms with Crippen LogP contribution in [0.5, 0.6) is 0 Å². The van der Waals surface area contributed by atoms with E-state index in [-0.39, 0.29) is 25.7 Å². The summed E-state index contributed by atoms with van der Waals surface area (Å²) in [5.74, 6) is -2.28. The number of hydrogen-bond donors (Lipinski definition) is 3. The van der Waals surface area contributed by atoms with E-state index in [0.717, 1.165) is 186 Å². The van der Waals surface area contributed by atoms with Crippen molar-refractivity contribution in [1.82, 2.24) is 0 Å². The van der Waals surface area contributed by atoms with Crippen LogP contribution in [0.2, 0.25) is 0 Å². The molecular weight excluding hydrogens is 1330 g/mol. The number of phosphoric ester groups is 2. The molecule has 19 heteroatoms. The number of allylic oxidation sites excluding steroid dienone is 22. The molecule has 0 aliphatic rings. The Morgan fingerprint density at radius 1 is 0.284 bits per heavy atom. The molecule has 5 atom stereocenters. The quantitative estimate of drug-likeness (QED) is 0.0169. The molecule has 0 fully saturated rings. The first-order chi connectivity index (χ1) is 49.7. The molecule has 0 aliphatic carbocycles. The molecule has 0 heterocycles. The van der Waals surface area contributed by atoms with Gasteiger partial charge >= 0.3 is 39.5 Å². The molecule has 0 aromatic rings. The third kappa shape index (κ3) is 73.5. The summed E-state index contributed by atoms with van der Waals surface area (Å²) in [7, 11) is -9.98. The van der Waals surface area contributed by atoms with Crippen molar-refractivity contribution >= 4 is 39.5 Å². The lowest BCUT2D eigenvalue weighted by molar-refractivity contribution is -0.161. The van der Waals surface area contributed by atoms with Crippen molar-refractivity contribution in [3.05, 3.63) is 134 Å². The predicted octanol–water partition coefficient (Wildman–Crippen LogP) is 22.9. The summed E-state index contributed by atoms with van der Waals surface area (Å²) in [4.78, 5) is 73.0. The van der Waals surface area contributed by atoms with Crippen LogP contribution in [0.15, 0.2) is 134 Å². The normalized spacial score (nSPS) is 14.6. The largest absolute Gasteiger partial charge is 0.472 e. The summed E-state index contributed by atoms with van der Waals surface area (Å²) in [5, 5.41) is 10.6. The minimum absolute atomic E-state index is 0.0632. The molecule has 3 N–H and O–H groups in total. The summed E-state index contributed by atoms with van der Waals surface area (Å²) in [5.41, 5.74) is 0. The third-order valence-electron chi connectivity index (χ3n) is 16.1. The van der Waals surface area contributed by atoms with Gasteiger partial charge in [0.2, 0.25) is 0 Å². The van der Waals surface area contributed by atoms with Crippen molar-refractivity contribution in [3.63, 3.8) is 0 Å². The van der Waals surface area contributed by atoms with Crippen LogP contribution in [0.1, 0.15) is 310 Å². The van der Waals surface area contributed by atoms with E-state index in [1.807, 2.05) is 12.2 Å². The van der Waals surface area contributed by atoms with E-state index < -0.39 is 97.5 Å². The average Bonchev–Trinajstić information content (AvgIpc) is 0.908. The number of carbonyl (C=O) groups excluding carboxylic acids is 4. The number of carbonyl (C=O) groups is 4. The van der Waals surface area contributed by atoms with Crippen LogP contribution in [-0.4, -0.2) is 96.7 Å². The Bertz CT molecular complexity index is 2460. The van der Waals surface area contributed by atoms with Gasteiger partial charge in [0.15, 0.2) is 12.2 Å². The van der Waals surface area contributed by atoms with Crippen molar-refractivity contribution < 1.29 is 80.2 Å². The van der Waals surface area contributed by atoms with E-state index in [1.54, 1.807) is 0 Å². The van der Waals surface area contributed by atoms with Gasteiger partial charge in [0.05, 0.1) is 26.4 Å². The Kier molecular flexibility index (Phi) is 71.0. The van der Waals surface area contributed by atoms with E-state index in [4.69, 9.17) is 37.0 Å². The van der Waals surface area contributed by atoms with Crippen LogP contribution < -0.4 is 0 Å². The standard InChI is InChI=1S/C83H140O17P2/c1-5-9-13-17-21-25-29-33-36-38-41-44-47-51-55-59-63-67-80(85)93-73-78(99-82(87)69-65-61-57-53-49-43-32-28-24-20-16-12-8-4)75-97-101(89,90)95-71-77(84)72-96-102(91,92)98-76-79(100-83(88)70-66-62-58-54-50-46-40-35-31-27-23-19-15-11-7-3)74-94-81(86)68-64-60-56-52-48-45-42-39-37-34-30-26-22-18-14-10-6-2/h9-10,13-14,16,20-22,25-26,28,32-37,40-41,44,51,55,77-79,84H,5-8,11-12,15,17-19,23-24,27,29-31,38-39,42-43,45-50,52-54,56-76H2,1-4H3,(H,89,90)(H,91,92)/b13-9-,14-10-,20-16-,25-21-,26-22-,32-28-,36-33-,37-34-,40-35-,44-41-,55-51-. The highest BCUT2D eigenvalue weighted by molar-refractivity contribution is 7.47. The van der Waals surface area contributed by atoms with Gasteiger partial charge in [-0.2, -0.15) is 0 Å². The van der Waals surface area contributed by atoms with Gasteiger partial charge in [-0.25, -0.2) is 9.13 Å². The van der Waals surface area contributed by atoms with E-state index in [2.05, 4.69) is 149 Å². The summed E-state index contributed by atoms with van der Waals surface area (Å²) in [6.07, 6.45) is 83.0. The average molecular weight is 1470 g/mol. The van der Waals surface area contributed by atoms with Gasteiger partial charge < -0.3 is 33.8 Å². The van der Waals surface area contributed by atoms with Crippen molar-refractivity contribution in [2.45, 2.75) is 329 Å². The van der Waals surface area contributed by atoms with Crippen LogP contribution in [0.3, 0.4) is 0 Å². The lowest BCUT2D eigenvalue weighted by Gasteiger charge is -2.21. The number of phosphoric acid groups is 2. The topological polar surface area (TPSA) is 237 Å². The summed E-state index contributed by atoms with van der Waals surface area (Å²) in [6.45, 7) is 4.49. The Morgan fingerprint density at radius 2 is 0.539 bits per heavy atom. The number of esters is 4. The molecule has 0 radical (unpaired) electrons. The van der Waals surface area contributed by atoms with E-state index in [1.165, 1.54) is 38.5 Å². The Hall–Kier alpha value is -4.80. The van der Waals surface area contributed by atoms with E-state index in [0.29, 0.717) is 32.1 Å². The summed E-state index contributed by atoms with van der Waals surface area (Å²) in [6, 6.07) is 0. The Morgan fingerprint density at radius 3 is 0.873 bits per heavy atom. The summed E-state index contributed by atoms with van der Waals surface area (Å²) < 4.78 is 68.5. The highest BCUT2D eigenvalue weighted by Gasteiger charge is 2.30. The van der Waals surface area contributed by atoms with Gasteiger partial charge in [-0.15, -0.1) is 0 Å². The number of aliphatic hydroxyl groups is 1. The maximum Gasteiger partial charge on any atom is 0.472 e. The molecule has 0 saturated carbocycles. The van der Waals surface area contributed by atoms with Crippen molar-refractivity contribution in [2.75, 3.05) is 39.6 Å². The minimum Gasteiger partial charge on any atom is -0.462 e. The minimum atomic E-state index is -4.99. The Labute approximate surface area is 618 Å². The van der Waals surface area contributed by atoms with Gasteiger partial charge in [0, 0.05) is 25.7 Å². The zero-order valence-corrected chi connectivity index (χ0v) is 65.5. The monoisotopic (exact) mass is 1470 g/mol. The SMILES string of the molecule is CC/C=C\C/C=C\C/C=C\C/C=C\C/C=C\CCCC(=O)OCC(COP(=O)(O)OCC(O)COP(=O)(O)OCC(COC(=O)CCCCCCCCC/C=C\C/C=C\C/C=C\CC)OC(=O)CCCCCCC/C=C\CCCCCCCC)OC(=O)CCCCCCC/C=C\C/C=C\CCC. The fourth-order valence-electron chi connectivity index (χ4n) is 10.1. The van der Waals surface area contributed by atoms with Crippen LogP contribution in [0.25, 0.3) is 0 Å². The maximum absolute atomic E-state index is 13.1. The number of aliphatic hydroxyl groups excluding tert-OH is 1. The molecule has 5 unspecified atom stereocenters. The molecule has 0 aromatic heterocycles. The van der Waals surface area contributed by atoms with Crippen LogP contribution >= 0.6 is 15.6 Å². The highest BCUT2D eigenvalue weighted by atomic mass is 31.2. The lowest BCUT2D eigenvalue weighted by Crippen LogP contribution is -2.30. The predicted molar refractivity (Wildman–Crippen MR) is 418 cm³/mol. The molecule has 0 saturated heterocycles.